The van der Waals surface area contributed by atoms with Gasteiger partial charge in [-0.3, -0.25) is 14.5 Å². The minimum absolute atomic E-state index is 0.0418. The number of nitrogens with zero attached hydrogens (tertiary/aromatic N) is 5. The lowest BCUT2D eigenvalue weighted by atomic mass is 10.1. The Labute approximate surface area is 212 Å². The largest absolute Gasteiger partial charge is 0.351 e. The fraction of sp³-hybridized carbons (Fsp3) is 0.407. The van der Waals surface area contributed by atoms with Crippen molar-refractivity contribution in [2.24, 2.45) is 0 Å². The van der Waals surface area contributed by atoms with Crippen LogP contribution in [0.1, 0.15) is 32.1 Å². The smallest absolute Gasteiger partial charge is 0.257 e. The Balaban J connectivity index is 1.25. The third kappa shape index (κ3) is 6.77. The van der Waals surface area contributed by atoms with E-state index < -0.39 is 0 Å². The Morgan fingerprint density at radius 3 is 2.53 bits per heavy atom. The van der Waals surface area contributed by atoms with Gasteiger partial charge in [-0.2, -0.15) is 4.98 Å². The first kappa shape index (κ1) is 25.5. The number of aromatic nitrogens is 2. The molecule has 0 spiro atoms. The van der Waals surface area contributed by atoms with Gasteiger partial charge in [-0.15, -0.1) is 0 Å². The Kier molecular flexibility index (Phi) is 8.45. The number of hydrogen-bond donors (Lipinski definition) is 1. The minimum atomic E-state index is -0.0943. The quantitative estimate of drug-likeness (QED) is 0.492. The highest BCUT2D eigenvalue weighted by atomic mass is 16.5. The first-order valence-corrected chi connectivity index (χ1v) is 12.3. The summed E-state index contributed by atoms with van der Waals surface area (Å²) < 4.78 is 5.41. The van der Waals surface area contributed by atoms with Crippen molar-refractivity contribution in [3.05, 3.63) is 71.0 Å². The van der Waals surface area contributed by atoms with Crippen LogP contribution in [0.25, 0.3) is 11.5 Å². The van der Waals surface area contributed by atoms with Gasteiger partial charge in [-0.25, -0.2) is 0 Å². The fourth-order valence-corrected chi connectivity index (χ4v) is 4.11. The maximum absolute atomic E-state index is 12.6. The highest BCUT2D eigenvalue weighted by Gasteiger charge is 2.16. The summed E-state index contributed by atoms with van der Waals surface area (Å²) >= 11 is 0. The number of carbonyl (C=O) groups is 2. The minimum Gasteiger partial charge on any atom is -0.351 e. The fourth-order valence-electron chi connectivity index (χ4n) is 4.11. The van der Waals surface area contributed by atoms with E-state index in [1.807, 2.05) is 31.2 Å². The number of nitrogens with one attached hydrogen (secondary N) is 1. The second kappa shape index (κ2) is 11.9. The van der Waals surface area contributed by atoms with Gasteiger partial charge in [0.15, 0.2) is 5.82 Å². The molecule has 9 heteroatoms. The lowest BCUT2D eigenvalue weighted by Crippen LogP contribution is -2.46. The number of piperazine rings is 1. The van der Waals surface area contributed by atoms with Crippen LogP contribution in [0.2, 0.25) is 0 Å². The zero-order chi connectivity index (χ0) is 25.5. The van der Waals surface area contributed by atoms with Crippen LogP contribution in [-0.2, 0) is 6.42 Å². The van der Waals surface area contributed by atoms with Gasteiger partial charge in [0, 0.05) is 76.0 Å². The number of amides is 2. The molecule has 0 saturated carbocycles. The molecule has 1 aliphatic rings. The van der Waals surface area contributed by atoms with E-state index in [2.05, 4.69) is 32.3 Å². The second-order valence-electron chi connectivity index (χ2n) is 9.34. The van der Waals surface area contributed by atoms with E-state index in [-0.39, 0.29) is 11.8 Å². The molecule has 190 valence electrons. The molecular weight excluding hydrogens is 456 g/mol. The first-order valence-electron chi connectivity index (χ1n) is 12.3. The number of aryl methyl sites for hydroxylation is 1. The average Bonchev–Trinajstić information content (AvgIpc) is 3.37. The third-order valence-electron chi connectivity index (χ3n) is 6.45. The lowest BCUT2D eigenvalue weighted by molar-refractivity contribution is 0.0795. The maximum Gasteiger partial charge on any atom is 0.257 e. The average molecular weight is 491 g/mol. The summed E-state index contributed by atoms with van der Waals surface area (Å²) in [6, 6.07) is 14.7. The van der Waals surface area contributed by atoms with E-state index >= 15 is 0 Å². The molecule has 1 aliphatic heterocycles. The molecule has 1 saturated heterocycles. The Morgan fingerprint density at radius 2 is 1.81 bits per heavy atom. The molecule has 0 radical (unpaired) electrons. The summed E-state index contributed by atoms with van der Waals surface area (Å²) in [7, 11) is 3.90. The Hall–Kier alpha value is -3.56. The maximum atomic E-state index is 12.6. The topological polar surface area (TPSA) is 94.8 Å². The van der Waals surface area contributed by atoms with Crippen molar-refractivity contribution in [1.82, 2.24) is 30.2 Å². The van der Waals surface area contributed by atoms with Gasteiger partial charge in [-0.1, -0.05) is 22.9 Å². The third-order valence-corrected chi connectivity index (χ3v) is 6.45. The van der Waals surface area contributed by atoms with Gasteiger partial charge >= 0.3 is 0 Å². The molecule has 1 aromatic heterocycles. The summed E-state index contributed by atoms with van der Waals surface area (Å²) in [5.74, 6) is 0.780. The molecule has 2 amide bonds. The summed E-state index contributed by atoms with van der Waals surface area (Å²) in [5, 5.41) is 7.04. The molecule has 2 aromatic carbocycles. The molecule has 0 atom stereocenters. The van der Waals surface area contributed by atoms with Crippen molar-refractivity contribution in [2.75, 3.05) is 59.9 Å². The van der Waals surface area contributed by atoms with Crippen molar-refractivity contribution in [3.8, 4) is 11.5 Å². The number of likely N-dealkylation sites (N-methyl/N-ethyl adjacent to an activating group) is 2. The number of benzene rings is 2. The molecular formula is C27H34N6O3. The van der Waals surface area contributed by atoms with Crippen molar-refractivity contribution >= 4 is 11.8 Å². The van der Waals surface area contributed by atoms with Crippen molar-refractivity contribution in [1.29, 1.82) is 0 Å². The number of hydrogen-bond acceptors (Lipinski definition) is 7. The van der Waals surface area contributed by atoms with Crippen LogP contribution in [0.4, 0.5) is 0 Å². The van der Waals surface area contributed by atoms with Gasteiger partial charge in [0.1, 0.15) is 0 Å². The van der Waals surface area contributed by atoms with Crippen molar-refractivity contribution < 1.29 is 14.1 Å². The number of carbonyl (C=O) groups excluding carboxylic acids is 2. The van der Waals surface area contributed by atoms with Crippen LogP contribution in [0.3, 0.4) is 0 Å². The van der Waals surface area contributed by atoms with E-state index in [1.165, 1.54) is 0 Å². The van der Waals surface area contributed by atoms with Crippen LogP contribution in [0.5, 0.6) is 0 Å². The van der Waals surface area contributed by atoms with Gasteiger partial charge in [-0.05, 0) is 50.4 Å². The van der Waals surface area contributed by atoms with Crippen molar-refractivity contribution in [3.63, 3.8) is 0 Å². The van der Waals surface area contributed by atoms with Crippen LogP contribution in [0, 0.1) is 6.92 Å². The van der Waals surface area contributed by atoms with Crippen LogP contribution in [-0.4, -0.2) is 96.6 Å². The summed E-state index contributed by atoms with van der Waals surface area (Å²) in [6.45, 7) is 8.11. The zero-order valence-electron chi connectivity index (χ0n) is 21.2. The Morgan fingerprint density at radius 1 is 1.06 bits per heavy atom. The zero-order valence-corrected chi connectivity index (χ0v) is 21.2. The summed E-state index contributed by atoms with van der Waals surface area (Å²) in [6.07, 6.45) is 0.478. The first-order chi connectivity index (χ1) is 17.4. The van der Waals surface area contributed by atoms with Gasteiger partial charge in [0.05, 0.1) is 0 Å². The van der Waals surface area contributed by atoms with Crippen molar-refractivity contribution in [2.45, 2.75) is 13.3 Å². The van der Waals surface area contributed by atoms with E-state index in [1.54, 1.807) is 36.2 Å². The highest BCUT2D eigenvalue weighted by Crippen LogP contribution is 2.18. The summed E-state index contributed by atoms with van der Waals surface area (Å²) in [4.78, 5) is 35.9. The monoisotopic (exact) mass is 490 g/mol. The molecule has 2 heterocycles. The van der Waals surface area contributed by atoms with Crippen LogP contribution >= 0.6 is 0 Å². The second-order valence-corrected chi connectivity index (χ2v) is 9.34. The number of rotatable bonds is 9. The molecule has 9 nitrogen and oxygen atoms in total. The summed E-state index contributed by atoms with van der Waals surface area (Å²) in [5.41, 5.74) is 3.04. The molecule has 0 unspecified atom stereocenters. The highest BCUT2D eigenvalue weighted by molar-refractivity contribution is 5.95. The molecule has 36 heavy (non-hydrogen) atoms. The molecule has 0 bridgehead atoms. The van der Waals surface area contributed by atoms with Gasteiger partial charge < -0.3 is 19.6 Å². The molecule has 1 N–H and O–H groups in total. The van der Waals surface area contributed by atoms with Gasteiger partial charge in [0.2, 0.25) is 0 Å². The van der Waals surface area contributed by atoms with E-state index in [0.717, 1.165) is 43.9 Å². The molecule has 0 aliphatic carbocycles. The van der Waals surface area contributed by atoms with E-state index in [4.69, 9.17) is 4.52 Å². The van der Waals surface area contributed by atoms with Crippen LogP contribution < -0.4 is 5.32 Å². The Bertz CT molecular complexity index is 1170. The predicted octanol–water partition coefficient (Wildman–Crippen LogP) is 2.34. The van der Waals surface area contributed by atoms with Gasteiger partial charge in [0.25, 0.3) is 17.7 Å². The SMILES string of the molecule is Cc1cccc(C(=O)N(C)CCc2noc(-c3ccc(C(=O)NCCN4CCN(C)CC4)cc3)n2)c1. The molecule has 4 rings (SSSR count). The standard InChI is InChI=1S/C27H34N6O3/c1-20-5-4-6-23(19-20)27(35)32(3)13-11-24-29-26(36-30-24)22-9-7-21(8-10-22)25(34)28-12-14-33-17-15-31(2)16-18-33/h4-10,19H,11-18H2,1-3H3,(H,28,34). The molecule has 3 aromatic rings. The normalized spacial score (nSPS) is 14.5. The molecule has 1 fully saturated rings. The predicted molar refractivity (Wildman–Crippen MR) is 138 cm³/mol. The van der Waals surface area contributed by atoms with Crippen LogP contribution in [0.15, 0.2) is 53.1 Å². The van der Waals surface area contributed by atoms with E-state index in [9.17, 15) is 9.59 Å². The van der Waals surface area contributed by atoms with E-state index in [0.29, 0.717) is 42.4 Å². The lowest BCUT2D eigenvalue weighted by Gasteiger charge is -2.32.